The summed E-state index contributed by atoms with van der Waals surface area (Å²) in [4.78, 5) is 12.4. The van der Waals surface area contributed by atoms with E-state index in [1.54, 1.807) is 12.1 Å². The minimum atomic E-state index is -3.74. The van der Waals surface area contributed by atoms with Gasteiger partial charge in [-0.1, -0.05) is 35.3 Å². The third-order valence-electron chi connectivity index (χ3n) is 3.67. The predicted octanol–water partition coefficient (Wildman–Crippen LogP) is 3.73. The summed E-state index contributed by atoms with van der Waals surface area (Å²) in [7, 11) is -0.935. The number of rotatable bonds is 5. The number of carbonyl (C=O) groups excluding carboxylic acids is 1. The van der Waals surface area contributed by atoms with Gasteiger partial charge in [-0.2, -0.15) is 0 Å². The van der Waals surface area contributed by atoms with Crippen molar-refractivity contribution >= 4 is 39.1 Å². The molecule has 2 aromatic rings. The molecule has 0 aromatic heterocycles. The van der Waals surface area contributed by atoms with Gasteiger partial charge in [0.05, 0.1) is 11.1 Å². The lowest BCUT2D eigenvalue weighted by Crippen LogP contribution is -2.27. The fourth-order valence-corrected chi connectivity index (χ4v) is 3.67. The van der Waals surface area contributed by atoms with Crippen LogP contribution in [0.1, 0.15) is 28.9 Å². The van der Waals surface area contributed by atoms with Crippen molar-refractivity contribution in [3.8, 4) is 0 Å². The maximum Gasteiger partial charge on any atom is 0.251 e. The first-order chi connectivity index (χ1) is 11.6. The Hall–Kier alpha value is -1.60. The van der Waals surface area contributed by atoms with Crippen LogP contribution in [0.15, 0.2) is 47.4 Å². The Morgan fingerprint density at radius 2 is 1.68 bits per heavy atom. The van der Waals surface area contributed by atoms with Crippen LogP contribution in [0.3, 0.4) is 0 Å². The summed E-state index contributed by atoms with van der Waals surface area (Å²) in [6, 6.07) is 11.0. The van der Waals surface area contributed by atoms with Gasteiger partial charge in [-0.25, -0.2) is 12.7 Å². The molecule has 0 heterocycles. The van der Waals surface area contributed by atoms with Gasteiger partial charge in [-0.15, -0.1) is 0 Å². The van der Waals surface area contributed by atoms with Crippen molar-refractivity contribution in [1.82, 2.24) is 9.62 Å². The van der Waals surface area contributed by atoms with Crippen molar-refractivity contribution in [1.29, 1.82) is 0 Å². The molecule has 0 bridgehead atoms. The third-order valence-corrected chi connectivity index (χ3v) is 6.22. The molecule has 0 saturated heterocycles. The zero-order chi connectivity index (χ0) is 18.8. The molecule has 1 amide bonds. The first-order valence-electron chi connectivity index (χ1n) is 7.41. The second-order valence-electron chi connectivity index (χ2n) is 5.68. The lowest BCUT2D eigenvalue weighted by atomic mass is 10.1. The summed E-state index contributed by atoms with van der Waals surface area (Å²) in [5, 5.41) is 3.50. The molecule has 1 atom stereocenters. The Kier molecular flexibility index (Phi) is 6.11. The van der Waals surface area contributed by atoms with Gasteiger partial charge in [0.2, 0.25) is 10.0 Å². The molecule has 8 heteroatoms. The standard InChI is InChI=1S/C17H18Cl2N2O3S/c1-11(12-4-7-14(18)8-5-12)20-17(22)13-6-9-15(19)16(10-13)25(23,24)21(2)3/h4-11H,1-3H3,(H,20,22). The van der Waals surface area contributed by atoms with Crippen LogP contribution in [0.4, 0.5) is 0 Å². The molecule has 0 aliphatic heterocycles. The van der Waals surface area contributed by atoms with E-state index in [9.17, 15) is 13.2 Å². The number of halogens is 2. The van der Waals surface area contributed by atoms with Crippen molar-refractivity contribution < 1.29 is 13.2 Å². The molecule has 0 fully saturated rings. The van der Waals surface area contributed by atoms with Crippen LogP contribution in [-0.4, -0.2) is 32.7 Å². The van der Waals surface area contributed by atoms with E-state index in [0.717, 1.165) is 9.87 Å². The molecule has 0 radical (unpaired) electrons. The van der Waals surface area contributed by atoms with Gasteiger partial charge in [0, 0.05) is 24.7 Å². The Labute approximate surface area is 157 Å². The lowest BCUT2D eigenvalue weighted by Gasteiger charge is -2.16. The Morgan fingerprint density at radius 3 is 2.24 bits per heavy atom. The van der Waals surface area contributed by atoms with Crippen LogP contribution in [0.25, 0.3) is 0 Å². The predicted molar refractivity (Wildman–Crippen MR) is 99.7 cm³/mol. The van der Waals surface area contributed by atoms with Gasteiger partial charge < -0.3 is 5.32 Å². The fraction of sp³-hybridized carbons (Fsp3) is 0.235. The Balaban J connectivity index is 2.27. The largest absolute Gasteiger partial charge is 0.346 e. The van der Waals surface area contributed by atoms with E-state index in [2.05, 4.69) is 5.32 Å². The molecule has 2 rings (SSSR count). The topological polar surface area (TPSA) is 66.5 Å². The van der Waals surface area contributed by atoms with E-state index >= 15 is 0 Å². The van der Waals surface area contributed by atoms with Crippen LogP contribution in [0, 0.1) is 0 Å². The number of benzene rings is 2. The summed E-state index contributed by atoms with van der Waals surface area (Å²) in [5.74, 6) is -0.394. The molecular formula is C17H18Cl2N2O3S. The second-order valence-corrected chi connectivity index (χ2v) is 8.64. The quantitative estimate of drug-likeness (QED) is 0.830. The van der Waals surface area contributed by atoms with Crippen molar-refractivity contribution in [2.75, 3.05) is 14.1 Å². The normalized spacial score (nSPS) is 12.9. The highest BCUT2D eigenvalue weighted by Gasteiger charge is 2.23. The molecule has 25 heavy (non-hydrogen) atoms. The molecule has 2 aromatic carbocycles. The van der Waals surface area contributed by atoms with E-state index in [1.807, 2.05) is 19.1 Å². The maximum absolute atomic E-state index is 12.5. The van der Waals surface area contributed by atoms with Crippen molar-refractivity contribution in [2.24, 2.45) is 0 Å². The first-order valence-corrected chi connectivity index (χ1v) is 9.61. The number of sulfonamides is 1. The highest BCUT2D eigenvalue weighted by atomic mass is 35.5. The summed E-state index contributed by atoms with van der Waals surface area (Å²) >= 11 is 11.9. The number of carbonyl (C=O) groups is 1. The van der Waals surface area contributed by atoms with Gasteiger partial charge in [0.25, 0.3) is 5.91 Å². The highest BCUT2D eigenvalue weighted by Crippen LogP contribution is 2.25. The van der Waals surface area contributed by atoms with Gasteiger partial charge in [0.1, 0.15) is 4.90 Å². The van der Waals surface area contributed by atoms with Crippen molar-refractivity contribution in [3.63, 3.8) is 0 Å². The molecule has 0 spiro atoms. The van der Waals surface area contributed by atoms with E-state index in [4.69, 9.17) is 23.2 Å². The van der Waals surface area contributed by atoms with Gasteiger partial charge in [0.15, 0.2) is 0 Å². The summed E-state index contributed by atoms with van der Waals surface area (Å²) in [6.07, 6.45) is 0. The highest BCUT2D eigenvalue weighted by molar-refractivity contribution is 7.89. The maximum atomic E-state index is 12.5. The Bertz CT molecular complexity index is 881. The van der Waals surface area contributed by atoms with Crippen LogP contribution in [0.2, 0.25) is 10.0 Å². The van der Waals surface area contributed by atoms with Crippen LogP contribution in [-0.2, 0) is 10.0 Å². The van der Waals surface area contributed by atoms with E-state index in [-0.39, 0.29) is 21.5 Å². The van der Waals surface area contributed by atoms with Crippen LogP contribution >= 0.6 is 23.2 Å². The average molecular weight is 401 g/mol. The van der Waals surface area contributed by atoms with E-state index < -0.39 is 15.9 Å². The minimum absolute atomic E-state index is 0.0657. The SMILES string of the molecule is CC(NC(=O)c1ccc(Cl)c(S(=O)(=O)N(C)C)c1)c1ccc(Cl)cc1. The van der Waals surface area contributed by atoms with E-state index in [1.165, 1.54) is 32.3 Å². The van der Waals surface area contributed by atoms with Crippen molar-refractivity contribution in [2.45, 2.75) is 17.9 Å². The molecule has 0 aliphatic rings. The molecule has 1 unspecified atom stereocenters. The smallest absolute Gasteiger partial charge is 0.251 e. The number of amides is 1. The summed E-state index contributed by atoms with van der Waals surface area (Å²) in [6.45, 7) is 1.83. The number of hydrogen-bond donors (Lipinski definition) is 1. The average Bonchev–Trinajstić information content (AvgIpc) is 2.55. The molecule has 0 saturated carbocycles. The lowest BCUT2D eigenvalue weighted by molar-refractivity contribution is 0.0939. The first kappa shape index (κ1) is 19.7. The van der Waals surface area contributed by atoms with Gasteiger partial charge in [-0.05, 0) is 42.8 Å². The number of hydrogen-bond acceptors (Lipinski definition) is 3. The monoisotopic (exact) mass is 400 g/mol. The second kappa shape index (κ2) is 7.74. The zero-order valence-electron chi connectivity index (χ0n) is 14.0. The summed E-state index contributed by atoms with van der Waals surface area (Å²) in [5.41, 5.74) is 1.10. The number of nitrogens with one attached hydrogen (secondary N) is 1. The fourth-order valence-electron chi connectivity index (χ4n) is 2.15. The van der Waals surface area contributed by atoms with E-state index in [0.29, 0.717) is 5.02 Å². The molecule has 134 valence electrons. The van der Waals surface area contributed by atoms with Crippen LogP contribution in [0.5, 0.6) is 0 Å². The van der Waals surface area contributed by atoms with Gasteiger partial charge in [-0.3, -0.25) is 4.79 Å². The summed E-state index contributed by atoms with van der Waals surface area (Å²) < 4.78 is 25.6. The third kappa shape index (κ3) is 4.52. The zero-order valence-corrected chi connectivity index (χ0v) is 16.3. The molecule has 0 aliphatic carbocycles. The Morgan fingerprint density at radius 1 is 1.08 bits per heavy atom. The number of nitrogens with zero attached hydrogens (tertiary/aromatic N) is 1. The molecule has 1 N–H and O–H groups in total. The molecular weight excluding hydrogens is 383 g/mol. The van der Waals surface area contributed by atoms with Gasteiger partial charge >= 0.3 is 0 Å². The van der Waals surface area contributed by atoms with Crippen molar-refractivity contribution in [3.05, 3.63) is 63.6 Å². The van der Waals surface area contributed by atoms with Crippen LogP contribution < -0.4 is 5.32 Å². The molecule has 5 nitrogen and oxygen atoms in total. The minimum Gasteiger partial charge on any atom is -0.346 e.